The van der Waals surface area contributed by atoms with Gasteiger partial charge >= 0.3 is 0 Å². The average Bonchev–Trinajstić information content (AvgIpc) is 2.41. The molecule has 4 heteroatoms. The number of hydrogen-bond donors (Lipinski definition) is 1. The molecule has 1 saturated heterocycles. The van der Waals surface area contributed by atoms with Crippen LogP contribution >= 0.6 is 0 Å². The van der Waals surface area contributed by atoms with Gasteiger partial charge in [0.05, 0.1) is 5.69 Å². The van der Waals surface area contributed by atoms with Crippen LogP contribution in [0.25, 0.3) is 0 Å². The molecule has 0 atom stereocenters. The maximum atomic E-state index is 13.7. The van der Waals surface area contributed by atoms with Crippen LogP contribution in [-0.4, -0.2) is 50.7 Å². The lowest BCUT2D eigenvalue weighted by atomic mass is 10.2. The minimum Gasteiger partial charge on any atom is -0.367 e. The van der Waals surface area contributed by atoms with Crippen molar-refractivity contribution in [3.8, 4) is 0 Å². The number of hydrogen-bond acceptors (Lipinski definition) is 3. The van der Waals surface area contributed by atoms with E-state index in [1.807, 2.05) is 12.1 Å². The van der Waals surface area contributed by atoms with Crippen molar-refractivity contribution in [3.05, 3.63) is 30.1 Å². The van der Waals surface area contributed by atoms with E-state index in [2.05, 4.69) is 22.0 Å². The molecule has 100 valence electrons. The van der Waals surface area contributed by atoms with Gasteiger partial charge in [-0.25, -0.2) is 4.39 Å². The molecule has 18 heavy (non-hydrogen) atoms. The first-order valence-electron chi connectivity index (χ1n) is 6.74. The number of nitrogens with zero attached hydrogens (tertiary/aromatic N) is 2. The summed E-state index contributed by atoms with van der Waals surface area (Å²) in [5, 5.41) is 3.33. The monoisotopic (exact) mass is 251 g/mol. The molecule has 1 aliphatic heterocycles. The topological polar surface area (TPSA) is 18.5 Å². The highest BCUT2D eigenvalue weighted by molar-refractivity contribution is 5.47. The highest BCUT2D eigenvalue weighted by Gasteiger charge is 2.18. The predicted molar refractivity (Wildman–Crippen MR) is 73.6 cm³/mol. The zero-order valence-electron chi connectivity index (χ0n) is 11.0. The van der Waals surface area contributed by atoms with Gasteiger partial charge in [0, 0.05) is 39.3 Å². The summed E-state index contributed by atoms with van der Waals surface area (Å²) in [7, 11) is 0. The van der Waals surface area contributed by atoms with E-state index >= 15 is 0 Å². The maximum Gasteiger partial charge on any atom is 0.146 e. The minimum atomic E-state index is -0.112. The van der Waals surface area contributed by atoms with E-state index < -0.39 is 0 Å². The summed E-state index contributed by atoms with van der Waals surface area (Å²) in [6.07, 6.45) is 0. The number of anilines is 1. The Morgan fingerprint density at radius 1 is 1.17 bits per heavy atom. The van der Waals surface area contributed by atoms with Gasteiger partial charge in [0.25, 0.3) is 0 Å². The Kier molecular flexibility index (Phi) is 4.96. The first-order valence-corrected chi connectivity index (χ1v) is 6.74. The molecule has 0 amide bonds. The third-order valence-corrected chi connectivity index (χ3v) is 3.42. The molecule has 0 saturated carbocycles. The van der Waals surface area contributed by atoms with Crippen LogP contribution in [0, 0.1) is 5.82 Å². The second-order valence-electron chi connectivity index (χ2n) is 4.63. The summed E-state index contributed by atoms with van der Waals surface area (Å²) >= 11 is 0. The zero-order valence-corrected chi connectivity index (χ0v) is 11.0. The standard InChI is InChI=1S/C14H22FN3/c1-2-16-7-8-17-9-11-18(12-10-17)14-6-4-3-5-13(14)15/h3-6,16H,2,7-12H2,1H3. The molecule has 1 N–H and O–H groups in total. The lowest BCUT2D eigenvalue weighted by molar-refractivity contribution is 0.257. The highest BCUT2D eigenvalue weighted by Crippen LogP contribution is 2.19. The molecular weight excluding hydrogens is 229 g/mol. The molecule has 1 aliphatic rings. The second kappa shape index (κ2) is 6.71. The largest absolute Gasteiger partial charge is 0.367 e. The summed E-state index contributed by atoms with van der Waals surface area (Å²) in [5.74, 6) is -0.112. The second-order valence-corrected chi connectivity index (χ2v) is 4.63. The SMILES string of the molecule is CCNCCN1CCN(c2ccccc2F)CC1. The smallest absolute Gasteiger partial charge is 0.146 e. The summed E-state index contributed by atoms with van der Waals surface area (Å²) in [5.41, 5.74) is 0.740. The van der Waals surface area contributed by atoms with Crippen LogP contribution in [0.5, 0.6) is 0 Å². The van der Waals surface area contributed by atoms with E-state index in [0.29, 0.717) is 0 Å². The molecule has 0 aliphatic carbocycles. The van der Waals surface area contributed by atoms with Crippen LogP contribution < -0.4 is 10.2 Å². The van der Waals surface area contributed by atoms with Gasteiger partial charge in [0.1, 0.15) is 5.82 Å². The van der Waals surface area contributed by atoms with E-state index in [-0.39, 0.29) is 5.82 Å². The van der Waals surface area contributed by atoms with Gasteiger partial charge < -0.3 is 10.2 Å². The summed E-state index contributed by atoms with van der Waals surface area (Å²) < 4.78 is 13.7. The third-order valence-electron chi connectivity index (χ3n) is 3.42. The number of halogens is 1. The summed E-state index contributed by atoms with van der Waals surface area (Å²) in [4.78, 5) is 4.57. The third kappa shape index (κ3) is 3.43. The first kappa shape index (κ1) is 13.3. The fourth-order valence-electron chi connectivity index (χ4n) is 2.33. The molecule has 0 unspecified atom stereocenters. The van der Waals surface area contributed by atoms with E-state index in [1.54, 1.807) is 6.07 Å². The van der Waals surface area contributed by atoms with E-state index in [1.165, 1.54) is 6.07 Å². The molecule has 0 aromatic heterocycles. The van der Waals surface area contributed by atoms with Crippen molar-refractivity contribution in [2.24, 2.45) is 0 Å². The number of rotatable bonds is 5. The van der Waals surface area contributed by atoms with Crippen molar-refractivity contribution in [1.82, 2.24) is 10.2 Å². The highest BCUT2D eigenvalue weighted by atomic mass is 19.1. The van der Waals surface area contributed by atoms with Crippen LogP contribution in [-0.2, 0) is 0 Å². The van der Waals surface area contributed by atoms with Gasteiger partial charge in [-0.3, -0.25) is 4.90 Å². The molecule has 1 heterocycles. The van der Waals surface area contributed by atoms with Crippen LogP contribution in [0.15, 0.2) is 24.3 Å². The van der Waals surface area contributed by atoms with Crippen LogP contribution in [0.4, 0.5) is 10.1 Å². The molecule has 0 spiro atoms. The quantitative estimate of drug-likeness (QED) is 0.801. The first-order chi connectivity index (χ1) is 8.81. The fraction of sp³-hybridized carbons (Fsp3) is 0.571. The van der Waals surface area contributed by atoms with Gasteiger partial charge in [0.2, 0.25) is 0 Å². The number of benzene rings is 1. The Hall–Kier alpha value is -1.13. The Bertz CT molecular complexity index is 362. The van der Waals surface area contributed by atoms with Gasteiger partial charge in [-0.2, -0.15) is 0 Å². The fourth-order valence-corrected chi connectivity index (χ4v) is 2.33. The number of piperazine rings is 1. The molecule has 0 radical (unpaired) electrons. The van der Waals surface area contributed by atoms with Crippen molar-refractivity contribution in [2.45, 2.75) is 6.92 Å². The number of nitrogens with one attached hydrogen (secondary N) is 1. The number of para-hydroxylation sites is 1. The van der Waals surface area contributed by atoms with Crippen LogP contribution in [0.1, 0.15) is 6.92 Å². The molecule has 1 aromatic rings. The average molecular weight is 251 g/mol. The van der Waals surface area contributed by atoms with E-state index in [0.717, 1.165) is 51.5 Å². The van der Waals surface area contributed by atoms with Crippen molar-refractivity contribution < 1.29 is 4.39 Å². The molecule has 2 rings (SSSR count). The van der Waals surface area contributed by atoms with E-state index in [9.17, 15) is 4.39 Å². The Balaban J connectivity index is 1.81. The Morgan fingerprint density at radius 3 is 2.56 bits per heavy atom. The molecule has 3 nitrogen and oxygen atoms in total. The lowest BCUT2D eigenvalue weighted by Crippen LogP contribution is -2.48. The van der Waals surface area contributed by atoms with Crippen molar-refractivity contribution in [2.75, 3.05) is 50.7 Å². The van der Waals surface area contributed by atoms with Crippen LogP contribution in [0.3, 0.4) is 0 Å². The lowest BCUT2D eigenvalue weighted by Gasteiger charge is -2.36. The maximum absolute atomic E-state index is 13.7. The van der Waals surface area contributed by atoms with Crippen molar-refractivity contribution >= 4 is 5.69 Å². The number of likely N-dealkylation sites (N-methyl/N-ethyl adjacent to an activating group) is 1. The van der Waals surface area contributed by atoms with Gasteiger partial charge in [-0.1, -0.05) is 19.1 Å². The van der Waals surface area contributed by atoms with Gasteiger partial charge in [0.15, 0.2) is 0 Å². The molecular formula is C14H22FN3. The predicted octanol–water partition coefficient (Wildman–Crippen LogP) is 1.56. The minimum absolute atomic E-state index is 0.112. The van der Waals surface area contributed by atoms with Crippen molar-refractivity contribution in [3.63, 3.8) is 0 Å². The summed E-state index contributed by atoms with van der Waals surface area (Å²) in [6.45, 7) is 9.11. The van der Waals surface area contributed by atoms with Gasteiger partial charge in [-0.05, 0) is 18.7 Å². The summed E-state index contributed by atoms with van der Waals surface area (Å²) in [6, 6.07) is 7.04. The zero-order chi connectivity index (χ0) is 12.8. The van der Waals surface area contributed by atoms with Crippen LogP contribution in [0.2, 0.25) is 0 Å². The van der Waals surface area contributed by atoms with Crippen molar-refractivity contribution in [1.29, 1.82) is 0 Å². The molecule has 1 fully saturated rings. The molecule has 1 aromatic carbocycles. The Morgan fingerprint density at radius 2 is 1.89 bits per heavy atom. The molecule has 0 bridgehead atoms. The van der Waals surface area contributed by atoms with Gasteiger partial charge in [-0.15, -0.1) is 0 Å². The Labute approximate surface area is 109 Å². The van der Waals surface area contributed by atoms with E-state index in [4.69, 9.17) is 0 Å². The normalized spacial score (nSPS) is 17.1.